The Morgan fingerprint density at radius 3 is 2.83 bits per heavy atom. The fourth-order valence-electron chi connectivity index (χ4n) is 1.28. The second-order valence-electron chi connectivity index (χ2n) is 3.46. The van der Waals surface area contributed by atoms with Crippen LogP contribution in [0.5, 0.6) is 0 Å². The molecule has 0 radical (unpaired) electrons. The fraction of sp³-hybridized carbons (Fsp3) is 0.167. The van der Waals surface area contributed by atoms with Gasteiger partial charge >= 0.3 is 0 Å². The van der Waals surface area contributed by atoms with Gasteiger partial charge in [-0.2, -0.15) is 0 Å². The van der Waals surface area contributed by atoms with Gasteiger partial charge in [0.1, 0.15) is 5.03 Å². The molecule has 2 heterocycles. The summed E-state index contributed by atoms with van der Waals surface area (Å²) in [5, 5.41) is 11.5. The van der Waals surface area contributed by atoms with Crippen molar-refractivity contribution < 1.29 is 4.79 Å². The number of aromatic nitrogens is 3. The second kappa shape index (κ2) is 6.11. The van der Waals surface area contributed by atoms with Crippen molar-refractivity contribution in [2.75, 3.05) is 12.8 Å². The zero-order valence-electron chi connectivity index (χ0n) is 9.83. The van der Waals surface area contributed by atoms with Gasteiger partial charge < -0.3 is 5.32 Å². The number of thioether (sulfide) groups is 1. The van der Waals surface area contributed by atoms with E-state index >= 15 is 0 Å². The highest BCUT2D eigenvalue weighted by Crippen LogP contribution is 2.18. The first-order chi connectivity index (χ1) is 8.79. The van der Waals surface area contributed by atoms with Crippen molar-refractivity contribution >= 4 is 17.7 Å². The standard InChI is InChI=1S/C12H12N4OS/c1-13-11(17)8-18-12-5-4-10(15-16-12)9-3-2-6-14-7-9/h2-7H,8H2,1H3,(H,13,17). The first-order valence-corrected chi connectivity index (χ1v) is 6.35. The summed E-state index contributed by atoms with van der Waals surface area (Å²) in [6.07, 6.45) is 3.45. The van der Waals surface area contributed by atoms with Crippen LogP contribution in [0.3, 0.4) is 0 Å². The van der Waals surface area contributed by atoms with Crippen molar-refractivity contribution in [3.63, 3.8) is 0 Å². The quantitative estimate of drug-likeness (QED) is 0.841. The number of carbonyl (C=O) groups is 1. The molecule has 18 heavy (non-hydrogen) atoms. The Bertz CT molecular complexity index is 515. The monoisotopic (exact) mass is 260 g/mol. The maximum atomic E-state index is 11.1. The van der Waals surface area contributed by atoms with E-state index in [1.54, 1.807) is 19.4 Å². The van der Waals surface area contributed by atoms with Crippen molar-refractivity contribution in [3.8, 4) is 11.3 Å². The molecule has 0 aliphatic heterocycles. The summed E-state index contributed by atoms with van der Waals surface area (Å²) < 4.78 is 0. The lowest BCUT2D eigenvalue weighted by molar-refractivity contribution is -0.118. The molecule has 2 aromatic rings. The molecular formula is C12H12N4OS. The predicted molar refractivity (Wildman–Crippen MR) is 70.1 cm³/mol. The molecule has 0 aliphatic rings. The number of amides is 1. The maximum absolute atomic E-state index is 11.1. The normalized spacial score (nSPS) is 10.1. The Labute approximate surface area is 109 Å². The molecule has 2 rings (SSSR count). The van der Waals surface area contributed by atoms with Crippen LogP contribution >= 0.6 is 11.8 Å². The first kappa shape index (κ1) is 12.5. The zero-order valence-corrected chi connectivity index (χ0v) is 10.6. The van der Waals surface area contributed by atoms with E-state index in [0.29, 0.717) is 5.75 Å². The van der Waals surface area contributed by atoms with E-state index in [2.05, 4.69) is 20.5 Å². The number of carbonyl (C=O) groups excluding carboxylic acids is 1. The van der Waals surface area contributed by atoms with Crippen molar-refractivity contribution in [3.05, 3.63) is 36.7 Å². The molecule has 0 bridgehead atoms. The van der Waals surface area contributed by atoms with E-state index in [0.717, 1.165) is 16.3 Å². The third-order valence-electron chi connectivity index (χ3n) is 2.23. The minimum absolute atomic E-state index is 0.0295. The highest BCUT2D eigenvalue weighted by atomic mass is 32.2. The summed E-state index contributed by atoms with van der Waals surface area (Å²) >= 11 is 1.36. The average molecular weight is 260 g/mol. The number of rotatable bonds is 4. The molecule has 1 N–H and O–H groups in total. The molecule has 2 aromatic heterocycles. The topological polar surface area (TPSA) is 67.8 Å². The van der Waals surface area contributed by atoms with Gasteiger partial charge in [0.25, 0.3) is 0 Å². The molecule has 0 saturated carbocycles. The molecule has 0 aliphatic carbocycles. The van der Waals surface area contributed by atoms with Gasteiger partial charge in [-0.05, 0) is 24.3 Å². The molecule has 92 valence electrons. The number of nitrogens with zero attached hydrogens (tertiary/aromatic N) is 3. The van der Waals surface area contributed by atoms with Crippen LogP contribution in [-0.2, 0) is 4.79 Å². The molecule has 6 heteroatoms. The molecule has 0 aromatic carbocycles. The predicted octanol–water partition coefficient (Wildman–Crippen LogP) is 1.38. The number of nitrogens with one attached hydrogen (secondary N) is 1. The summed E-state index contributed by atoms with van der Waals surface area (Å²) in [4.78, 5) is 15.1. The van der Waals surface area contributed by atoms with Gasteiger partial charge in [0.15, 0.2) is 0 Å². The van der Waals surface area contributed by atoms with E-state index < -0.39 is 0 Å². The highest BCUT2D eigenvalue weighted by Gasteiger charge is 2.03. The van der Waals surface area contributed by atoms with Crippen molar-refractivity contribution in [1.29, 1.82) is 0 Å². The van der Waals surface area contributed by atoms with Crippen LogP contribution in [0.4, 0.5) is 0 Å². The van der Waals surface area contributed by atoms with Crippen LogP contribution in [0, 0.1) is 0 Å². The molecule has 1 amide bonds. The number of hydrogen-bond donors (Lipinski definition) is 1. The largest absolute Gasteiger partial charge is 0.358 e. The minimum atomic E-state index is -0.0295. The van der Waals surface area contributed by atoms with Crippen LogP contribution in [0.2, 0.25) is 0 Å². The van der Waals surface area contributed by atoms with Gasteiger partial charge in [-0.3, -0.25) is 9.78 Å². The molecule has 5 nitrogen and oxygen atoms in total. The number of hydrogen-bond acceptors (Lipinski definition) is 5. The Morgan fingerprint density at radius 2 is 2.22 bits per heavy atom. The van der Waals surface area contributed by atoms with Crippen molar-refractivity contribution in [2.24, 2.45) is 0 Å². The molecule has 0 spiro atoms. The lowest BCUT2D eigenvalue weighted by Crippen LogP contribution is -2.19. The fourth-order valence-corrected chi connectivity index (χ4v) is 1.96. The Morgan fingerprint density at radius 1 is 1.33 bits per heavy atom. The van der Waals surface area contributed by atoms with Crippen LogP contribution in [-0.4, -0.2) is 33.9 Å². The summed E-state index contributed by atoms with van der Waals surface area (Å²) in [7, 11) is 1.61. The third kappa shape index (κ3) is 3.27. The minimum Gasteiger partial charge on any atom is -0.358 e. The van der Waals surface area contributed by atoms with Gasteiger partial charge in [-0.15, -0.1) is 10.2 Å². The van der Waals surface area contributed by atoms with Gasteiger partial charge in [-0.25, -0.2) is 0 Å². The smallest absolute Gasteiger partial charge is 0.230 e. The van der Waals surface area contributed by atoms with E-state index in [9.17, 15) is 4.79 Å². The Balaban J connectivity index is 2.04. The highest BCUT2D eigenvalue weighted by molar-refractivity contribution is 7.99. The Hall–Kier alpha value is -1.95. The third-order valence-corrected chi connectivity index (χ3v) is 3.15. The van der Waals surface area contributed by atoms with Gasteiger partial charge in [0.05, 0.1) is 11.4 Å². The van der Waals surface area contributed by atoms with Gasteiger partial charge in [0, 0.05) is 25.0 Å². The van der Waals surface area contributed by atoms with Crippen LogP contribution in [0.15, 0.2) is 41.7 Å². The Kier molecular flexibility index (Phi) is 4.25. The van der Waals surface area contributed by atoms with Gasteiger partial charge in [-0.1, -0.05) is 11.8 Å². The average Bonchev–Trinajstić information content (AvgIpc) is 2.46. The van der Waals surface area contributed by atoms with E-state index in [1.807, 2.05) is 24.3 Å². The summed E-state index contributed by atoms with van der Waals surface area (Å²) in [6, 6.07) is 7.50. The second-order valence-corrected chi connectivity index (χ2v) is 4.46. The van der Waals surface area contributed by atoms with Crippen molar-refractivity contribution in [1.82, 2.24) is 20.5 Å². The van der Waals surface area contributed by atoms with Crippen LogP contribution in [0.25, 0.3) is 11.3 Å². The van der Waals surface area contributed by atoms with E-state index in [1.165, 1.54) is 11.8 Å². The molecule has 0 fully saturated rings. The maximum Gasteiger partial charge on any atom is 0.230 e. The lowest BCUT2D eigenvalue weighted by atomic mass is 10.2. The van der Waals surface area contributed by atoms with Gasteiger partial charge in [0.2, 0.25) is 5.91 Å². The van der Waals surface area contributed by atoms with Crippen molar-refractivity contribution in [2.45, 2.75) is 5.03 Å². The lowest BCUT2D eigenvalue weighted by Gasteiger charge is -2.01. The summed E-state index contributed by atoms with van der Waals surface area (Å²) in [6.45, 7) is 0. The van der Waals surface area contributed by atoms with Crippen LogP contribution in [0.1, 0.15) is 0 Å². The molecule has 0 unspecified atom stereocenters. The van der Waals surface area contributed by atoms with E-state index in [-0.39, 0.29) is 5.91 Å². The summed E-state index contributed by atoms with van der Waals surface area (Å²) in [5.41, 5.74) is 1.69. The zero-order chi connectivity index (χ0) is 12.8. The number of pyridine rings is 1. The summed E-state index contributed by atoms with van der Waals surface area (Å²) in [5.74, 6) is 0.315. The molecule has 0 atom stereocenters. The molecule has 0 saturated heterocycles. The van der Waals surface area contributed by atoms with Crippen LogP contribution < -0.4 is 5.32 Å². The molecular weight excluding hydrogens is 248 g/mol. The first-order valence-electron chi connectivity index (χ1n) is 5.37. The van der Waals surface area contributed by atoms with E-state index in [4.69, 9.17) is 0 Å². The SMILES string of the molecule is CNC(=O)CSc1ccc(-c2cccnc2)nn1.